The van der Waals surface area contributed by atoms with Crippen molar-refractivity contribution in [3.05, 3.63) is 59.2 Å². The molecular weight excluding hydrogens is 284 g/mol. The second-order valence-corrected chi connectivity index (χ2v) is 4.67. The molecule has 0 bridgehead atoms. The van der Waals surface area contributed by atoms with E-state index in [-0.39, 0.29) is 17.8 Å². The highest BCUT2D eigenvalue weighted by Gasteiger charge is 2.14. The van der Waals surface area contributed by atoms with Gasteiger partial charge in [0.25, 0.3) is 0 Å². The van der Waals surface area contributed by atoms with Crippen LogP contribution >= 0.6 is 0 Å². The van der Waals surface area contributed by atoms with Gasteiger partial charge in [-0.25, -0.2) is 4.79 Å². The smallest absolute Gasteiger partial charge is 0.335 e. The topological polar surface area (TPSA) is 72.8 Å². The van der Waals surface area contributed by atoms with Crippen LogP contribution < -0.4 is 9.47 Å². The molecule has 0 unspecified atom stereocenters. The molecule has 0 aliphatic rings. The maximum absolute atomic E-state index is 12.4. The fraction of sp³-hybridized carbons (Fsp3) is 0.176. The number of carboxylic acids is 1. The van der Waals surface area contributed by atoms with Crippen molar-refractivity contribution >= 4 is 11.8 Å². The molecule has 0 aromatic heterocycles. The number of hydrogen-bond donors (Lipinski definition) is 1. The summed E-state index contributed by atoms with van der Waals surface area (Å²) in [4.78, 5) is 23.2. The van der Waals surface area contributed by atoms with Crippen LogP contribution in [0.2, 0.25) is 0 Å². The van der Waals surface area contributed by atoms with Crippen LogP contribution in [0.5, 0.6) is 11.5 Å². The second-order valence-electron chi connectivity index (χ2n) is 4.67. The molecule has 0 radical (unpaired) electrons. The summed E-state index contributed by atoms with van der Waals surface area (Å²) in [5.41, 5.74) is 1.40. The standard InChI is InChI=1S/C17H16O5/c1-21-13-7-8-14(16(10-13)22-2)15(18)9-11-3-5-12(6-4-11)17(19)20/h3-8,10H,9H2,1-2H3,(H,19,20). The maximum atomic E-state index is 12.4. The van der Waals surface area contributed by atoms with Crippen molar-refractivity contribution in [1.82, 2.24) is 0 Å². The Morgan fingerprint density at radius 2 is 1.68 bits per heavy atom. The molecule has 0 aliphatic heterocycles. The van der Waals surface area contributed by atoms with Gasteiger partial charge in [-0.3, -0.25) is 4.79 Å². The lowest BCUT2D eigenvalue weighted by molar-refractivity contribution is 0.0696. The third-order valence-electron chi connectivity index (χ3n) is 3.27. The van der Waals surface area contributed by atoms with Crippen molar-refractivity contribution in [1.29, 1.82) is 0 Å². The van der Waals surface area contributed by atoms with Gasteiger partial charge in [-0.2, -0.15) is 0 Å². The van der Waals surface area contributed by atoms with Gasteiger partial charge in [-0.05, 0) is 29.8 Å². The van der Waals surface area contributed by atoms with E-state index in [0.29, 0.717) is 17.1 Å². The molecule has 0 atom stereocenters. The van der Waals surface area contributed by atoms with Crippen LogP contribution in [0.3, 0.4) is 0 Å². The van der Waals surface area contributed by atoms with Gasteiger partial charge in [-0.1, -0.05) is 12.1 Å². The van der Waals surface area contributed by atoms with E-state index in [1.165, 1.54) is 19.2 Å². The Kier molecular flexibility index (Phi) is 4.78. The molecule has 5 heteroatoms. The minimum atomic E-state index is -0.991. The van der Waals surface area contributed by atoms with Crippen LogP contribution in [0.25, 0.3) is 0 Å². The minimum absolute atomic E-state index is 0.109. The van der Waals surface area contributed by atoms with Crippen LogP contribution in [-0.4, -0.2) is 31.1 Å². The monoisotopic (exact) mass is 300 g/mol. The number of benzene rings is 2. The third-order valence-corrected chi connectivity index (χ3v) is 3.27. The number of carbonyl (C=O) groups is 2. The summed E-state index contributed by atoms with van der Waals surface area (Å²) in [7, 11) is 3.04. The van der Waals surface area contributed by atoms with Crippen LogP contribution in [0, 0.1) is 0 Å². The van der Waals surface area contributed by atoms with E-state index in [0.717, 1.165) is 5.56 Å². The summed E-state index contributed by atoms with van der Waals surface area (Å²) in [5.74, 6) is -0.0389. The molecular formula is C17H16O5. The van der Waals surface area contributed by atoms with Crippen LogP contribution in [-0.2, 0) is 6.42 Å². The van der Waals surface area contributed by atoms with E-state index in [4.69, 9.17) is 14.6 Å². The van der Waals surface area contributed by atoms with Crippen molar-refractivity contribution < 1.29 is 24.2 Å². The van der Waals surface area contributed by atoms with E-state index < -0.39 is 5.97 Å². The molecule has 0 amide bonds. The number of rotatable bonds is 6. The van der Waals surface area contributed by atoms with Gasteiger partial charge >= 0.3 is 5.97 Å². The van der Waals surface area contributed by atoms with Crippen molar-refractivity contribution in [2.75, 3.05) is 14.2 Å². The van der Waals surface area contributed by atoms with Gasteiger partial charge < -0.3 is 14.6 Å². The maximum Gasteiger partial charge on any atom is 0.335 e. The molecule has 22 heavy (non-hydrogen) atoms. The first-order chi connectivity index (χ1) is 10.5. The largest absolute Gasteiger partial charge is 0.497 e. The first kappa shape index (κ1) is 15.6. The van der Waals surface area contributed by atoms with Crippen molar-refractivity contribution in [3.63, 3.8) is 0 Å². The molecule has 0 saturated carbocycles. The Hall–Kier alpha value is -2.82. The van der Waals surface area contributed by atoms with Crippen LogP contribution in [0.1, 0.15) is 26.3 Å². The van der Waals surface area contributed by atoms with E-state index >= 15 is 0 Å². The lowest BCUT2D eigenvalue weighted by atomic mass is 10.0. The summed E-state index contributed by atoms with van der Waals surface area (Å²) < 4.78 is 10.3. The van der Waals surface area contributed by atoms with Gasteiger partial charge in [-0.15, -0.1) is 0 Å². The zero-order valence-corrected chi connectivity index (χ0v) is 12.3. The Morgan fingerprint density at radius 3 is 2.23 bits per heavy atom. The van der Waals surface area contributed by atoms with Crippen molar-refractivity contribution in [2.45, 2.75) is 6.42 Å². The van der Waals surface area contributed by atoms with Crippen molar-refractivity contribution in [2.24, 2.45) is 0 Å². The number of carbonyl (C=O) groups excluding carboxylic acids is 1. The number of aromatic carboxylic acids is 1. The molecule has 5 nitrogen and oxygen atoms in total. The van der Waals surface area contributed by atoms with E-state index in [1.807, 2.05) is 0 Å². The van der Waals surface area contributed by atoms with Gasteiger partial charge in [0.1, 0.15) is 11.5 Å². The predicted octanol–water partition coefficient (Wildman–Crippen LogP) is 2.83. The molecule has 0 spiro atoms. The van der Waals surface area contributed by atoms with E-state index in [9.17, 15) is 9.59 Å². The number of methoxy groups -OCH3 is 2. The highest BCUT2D eigenvalue weighted by Crippen LogP contribution is 2.25. The molecule has 0 fully saturated rings. The Balaban J connectivity index is 2.20. The zero-order valence-electron chi connectivity index (χ0n) is 12.3. The van der Waals surface area contributed by atoms with Gasteiger partial charge in [0.2, 0.25) is 0 Å². The molecule has 0 heterocycles. The average Bonchev–Trinajstić information content (AvgIpc) is 2.54. The quantitative estimate of drug-likeness (QED) is 0.830. The number of Topliss-reactive ketones (excluding diaryl/α,β-unsaturated/α-hetero) is 1. The van der Waals surface area contributed by atoms with Gasteiger partial charge in [0.15, 0.2) is 5.78 Å². The first-order valence-electron chi connectivity index (χ1n) is 6.62. The lowest BCUT2D eigenvalue weighted by Crippen LogP contribution is -2.06. The third kappa shape index (κ3) is 3.44. The summed E-state index contributed by atoms with van der Waals surface area (Å²) in [5, 5.41) is 8.86. The zero-order chi connectivity index (χ0) is 16.1. The number of hydrogen-bond acceptors (Lipinski definition) is 4. The molecule has 114 valence electrons. The minimum Gasteiger partial charge on any atom is -0.497 e. The van der Waals surface area contributed by atoms with E-state index in [1.54, 1.807) is 37.4 Å². The highest BCUT2D eigenvalue weighted by molar-refractivity contribution is 6.00. The number of ether oxygens (including phenoxy) is 2. The summed E-state index contributed by atoms with van der Waals surface area (Å²) in [6.07, 6.45) is 0.169. The predicted molar refractivity (Wildman–Crippen MR) is 81.0 cm³/mol. The Morgan fingerprint density at radius 1 is 1.00 bits per heavy atom. The molecule has 2 aromatic rings. The number of carboxylic acid groups (broad SMARTS) is 1. The van der Waals surface area contributed by atoms with Gasteiger partial charge in [0, 0.05) is 12.5 Å². The normalized spacial score (nSPS) is 10.1. The summed E-state index contributed by atoms with van der Waals surface area (Å²) in [6, 6.07) is 11.2. The highest BCUT2D eigenvalue weighted by atomic mass is 16.5. The second kappa shape index (κ2) is 6.76. The fourth-order valence-corrected chi connectivity index (χ4v) is 2.07. The lowest BCUT2D eigenvalue weighted by Gasteiger charge is -2.09. The average molecular weight is 300 g/mol. The summed E-state index contributed by atoms with van der Waals surface area (Å²) >= 11 is 0. The molecule has 2 aromatic carbocycles. The van der Waals surface area contributed by atoms with Crippen molar-refractivity contribution in [3.8, 4) is 11.5 Å². The molecule has 0 saturated heterocycles. The van der Waals surface area contributed by atoms with E-state index in [2.05, 4.69) is 0 Å². The van der Waals surface area contributed by atoms with Crippen LogP contribution in [0.15, 0.2) is 42.5 Å². The SMILES string of the molecule is COc1ccc(C(=O)Cc2ccc(C(=O)O)cc2)c(OC)c1. The Bertz CT molecular complexity index is 689. The molecule has 2 rings (SSSR count). The molecule has 0 aliphatic carbocycles. The Labute approximate surface area is 128 Å². The van der Waals surface area contributed by atoms with Gasteiger partial charge in [0.05, 0.1) is 25.3 Å². The molecule has 1 N–H and O–H groups in total. The summed E-state index contributed by atoms with van der Waals surface area (Å²) in [6.45, 7) is 0. The number of ketones is 1. The first-order valence-corrected chi connectivity index (χ1v) is 6.62. The van der Waals surface area contributed by atoms with Crippen LogP contribution in [0.4, 0.5) is 0 Å². The fourth-order valence-electron chi connectivity index (χ4n) is 2.07.